The van der Waals surface area contributed by atoms with Crippen LogP contribution >= 0.6 is 0 Å². The average Bonchev–Trinajstić information content (AvgIpc) is 2.62. The van der Waals surface area contributed by atoms with Crippen LogP contribution in [0.2, 0.25) is 0 Å². The van der Waals surface area contributed by atoms with Crippen LogP contribution in [0.5, 0.6) is 0 Å². The molecule has 1 rings (SSSR count). The number of carboxylic acid groups (broad SMARTS) is 1. The minimum atomic E-state index is -0.910. The molecule has 0 radical (unpaired) electrons. The van der Waals surface area contributed by atoms with Crippen LogP contribution in [0.1, 0.15) is 26.7 Å². The van der Waals surface area contributed by atoms with Crippen molar-refractivity contribution in [3.63, 3.8) is 0 Å². The highest BCUT2D eigenvalue weighted by Gasteiger charge is 2.38. The number of hydrogen-bond donors (Lipinski definition) is 2. The number of carbonyl (C=O) groups is 2. The van der Waals surface area contributed by atoms with Gasteiger partial charge in [-0.25, -0.2) is 0 Å². The van der Waals surface area contributed by atoms with Gasteiger partial charge in [-0.15, -0.1) is 0 Å². The third-order valence-corrected chi connectivity index (χ3v) is 3.33. The second-order valence-corrected chi connectivity index (χ2v) is 4.37. The number of likely N-dealkylation sites (tertiary alicyclic amines) is 1. The van der Waals surface area contributed by atoms with Gasteiger partial charge in [-0.2, -0.15) is 0 Å². The highest BCUT2D eigenvalue weighted by Crippen LogP contribution is 2.20. The van der Waals surface area contributed by atoms with Crippen LogP contribution < -0.4 is 5.73 Å². The van der Waals surface area contributed by atoms with Gasteiger partial charge in [-0.3, -0.25) is 9.59 Å². The maximum absolute atomic E-state index is 12.0. The van der Waals surface area contributed by atoms with E-state index in [0.717, 1.165) is 12.8 Å². The molecule has 0 aromatic heterocycles. The third-order valence-electron chi connectivity index (χ3n) is 3.33. The molecule has 16 heavy (non-hydrogen) atoms. The number of carbonyl (C=O) groups excluding carboxylic acids is 1. The molecule has 0 unspecified atom stereocenters. The molecule has 92 valence electrons. The second kappa shape index (κ2) is 5.30. The van der Waals surface area contributed by atoms with Crippen LogP contribution in [-0.4, -0.2) is 41.0 Å². The number of hydrogen-bond acceptors (Lipinski definition) is 3. The Labute approximate surface area is 95.6 Å². The van der Waals surface area contributed by atoms with Gasteiger partial charge in [0.05, 0.1) is 5.92 Å². The zero-order valence-electron chi connectivity index (χ0n) is 9.85. The maximum Gasteiger partial charge on any atom is 0.309 e. The number of amides is 1. The molecular formula is C11H20N2O3. The van der Waals surface area contributed by atoms with Gasteiger partial charge in [-0.05, 0) is 12.8 Å². The fourth-order valence-corrected chi connectivity index (χ4v) is 2.17. The van der Waals surface area contributed by atoms with Gasteiger partial charge in [0.1, 0.15) is 0 Å². The van der Waals surface area contributed by atoms with Gasteiger partial charge in [-0.1, -0.05) is 13.8 Å². The number of nitrogens with two attached hydrogens (primary N) is 1. The summed E-state index contributed by atoms with van der Waals surface area (Å²) >= 11 is 0. The SMILES string of the molecule is CCC(CC)C(=O)N1C[C@@H](N)[C@@H](C(=O)O)C1. The summed E-state index contributed by atoms with van der Waals surface area (Å²) in [7, 11) is 0. The molecule has 3 N–H and O–H groups in total. The Kier molecular flexibility index (Phi) is 4.29. The predicted molar refractivity (Wildman–Crippen MR) is 59.8 cm³/mol. The molecule has 0 bridgehead atoms. The lowest BCUT2D eigenvalue weighted by molar-refractivity contribution is -0.142. The summed E-state index contributed by atoms with van der Waals surface area (Å²) in [6, 6.07) is -0.434. The second-order valence-electron chi connectivity index (χ2n) is 4.37. The number of rotatable bonds is 4. The van der Waals surface area contributed by atoms with Crippen LogP contribution in [0.4, 0.5) is 0 Å². The average molecular weight is 228 g/mol. The Hall–Kier alpha value is -1.10. The highest BCUT2D eigenvalue weighted by molar-refractivity contribution is 5.81. The quantitative estimate of drug-likeness (QED) is 0.724. The molecular weight excluding hydrogens is 208 g/mol. The molecule has 1 amide bonds. The monoisotopic (exact) mass is 228 g/mol. The number of nitrogens with zero attached hydrogens (tertiary/aromatic N) is 1. The normalized spacial score (nSPS) is 25.1. The van der Waals surface area contributed by atoms with Crippen LogP contribution in [-0.2, 0) is 9.59 Å². The van der Waals surface area contributed by atoms with Gasteiger partial charge in [0.25, 0.3) is 0 Å². The molecule has 0 aromatic rings. The van der Waals surface area contributed by atoms with Crippen molar-refractivity contribution in [3.8, 4) is 0 Å². The molecule has 0 saturated carbocycles. The van der Waals surface area contributed by atoms with Gasteiger partial charge in [0.15, 0.2) is 0 Å². The first-order chi connectivity index (χ1) is 7.51. The minimum absolute atomic E-state index is 0.000236. The first-order valence-corrected chi connectivity index (χ1v) is 5.78. The lowest BCUT2D eigenvalue weighted by atomic mass is 10.0. The van der Waals surface area contributed by atoms with E-state index in [-0.39, 0.29) is 18.4 Å². The lowest BCUT2D eigenvalue weighted by Gasteiger charge is -2.21. The van der Waals surface area contributed by atoms with Gasteiger partial charge in [0.2, 0.25) is 5.91 Å². The van der Waals surface area contributed by atoms with Crippen molar-refractivity contribution < 1.29 is 14.7 Å². The smallest absolute Gasteiger partial charge is 0.309 e. The van der Waals surface area contributed by atoms with E-state index in [1.54, 1.807) is 4.90 Å². The molecule has 0 aromatic carbocycles. The van der Waals surface area contributed by atoms with E-state index >= 15 is 0 Å². The summed E-state index contributed by atoms with van der Waals surface area (Å²) in [6.07, 6.45) is 1.58. The topological polar surface area (TPSA) is 83.6 Å². The van der Waals surface area contributed by atoms with Crippen molar-refractivity contribution in [2.75, 3.05) is 13.1 Å². The Bertz CT molecular complexity index is 276. The van der Waals surface area contributed by atoms with Crippen molar-refractivity contribution in [1.29, 1.82) is 0 Å². The zero-order chi connectivity index (χ0) is 12.3. The molecule has 2 atom stereocenters. The predicted octanol–water partition coefficient (Wildman–Crippen LogP) is 0.293. The van der Waals surface area contributed by atoms with Gasteiger partial charge >= 0.3 is 5.97 Å². The molecule has 1 aliphatic heterocycles. The van der Waals surface area contributed by atoms with E-state index in [1.165, 1.54) is 0 Å². The Balaban J connectivity index is 2.64. The fraction of sp³-hybridized carbons (Fsp3) is 0.818. The van der Waals surface area contributed by atoms with E-state index < -0.39 is 17.9 Å². The molecule has 1 saturated heterocycles. The summed E-state index contributed by atoms with van der Waals surface area (Å²) in [5.74, 6) is -1.48. The summed E-state index contributed by atoms with van der Waals surface area (Å²) < 4.78 is 0. The fourth-order valence-electron chi connectivity index (χ4n) is 2.17. The van der Waals surface area contributed by atoms with Crippen LogP contribution in [0, 0.1) is 11.8 Å². The number of aliphatic carboxylic acids is 1. The molecule has 1 fully saturated rings. The molecule has 0 aliphatic carbocycles. The van der Waals surface area contributed by atoms with Crippen molar-refractivity contribution >= 4 is 11.9 Å². The van der Waals surface area contributed by atoms with Crippen LogP contribution in [0.15, 0.2) is 0 Å². The van der Waals surface area contributed by atoms with Crippen molar-refractivity contribution in [3.05, 3.63) is 0 Å². The largest absolute Gasteiger partial charge is 0.481 e. The zero-order valence-corrected chi connectivity index (χ0v) is 9.85. The van der Waals surface area contributed by atoms with Crippen LogP contribution in [0.25, 0.3) is 0 Å². The molecule has 5 nitrogen and oxygen atoms in total. The highest BCUT2D eigenvalue weighted by atomic mass is 16.4. The van der Waals surface area contributed by atoms with Crippen LogP contribution in [0.3, 0.4) is 0 Å². The first-order valence-electron chi connectivity index (χ1n) is 5.78. The summed E-state index contributed by atoms with van der Waals surface area (Å²) in [5, 5.41) is 8.92. The standard InChI is InChI=1S/C11H20N2O3/c1-3-7(4-2)10(14)13-5-8(11(15)16)9(12)6-13/h7-9H,3-6,12H2,1-2H3,(H,15,16)/t8-,9+/m0/s1. The summed E-state index contributed by atoms with van der Waals surface area (Å²) in [4.78, 5) is 24.5. The van der Waals surface area contributed by atoms with Crippen molar-refractivity contribution in [1.82, 2.24) is 4.90 Å². The van der Waals surface area contributed by atoms with E-state index in [4.69, 9.17) is 10.8 Å². The van der Waals surface area contributed by atoms with Gasteiger partial charge < -0.3 is 15.7 Å². The van der Waals surface area contributed by atoms with E-state index in [1.807, 2.05) is 13.8 Å². The minimum Gasteiger partial charge on any atom is -0.481 e. The Morgan fingerprint density at radius 3 is 2.31 bits per heavy atom. The molecule has 1 heterocycles. The first kappa shape index (κ1) is 13.0. The molecule has 0 spiro atoms. The Morgan fingerprint density at radius 1 is 1.38 bits per heavy atom. The maximum atomic E-state index is 12.0. The van der Waals surface area contributed by atoms with E-state index in [9.17, 15) is 9.59 Å². The summed E-state index contributed by atoms with van der Waals surface area (Å²) in [6.45, 7) is 4.56. The van der Waals surface area contributed by atoms with E-state index in [0.29, 0.717) is 6.54 Å². The molecule has 5 heteroatoms. The lowest BCUT2D eigenvalue weighted by Crippen LogP contribution is -2.36. The number of carboxylic acids is 1. The Morgan fingerprint density at radius 2 is 1.94 bits per heavy atom. The summed E-state index contributed by atoms with van der Waals surface area (Å²) in [5.41, 5.74) is 5.72. The van der Waals surface area contributed by atoms with Crippen molar-refractivity contribution in [2.45, 2.75) is 32.7 Å². The van der Waals surface area contributed by atoms with Crippen molar-refractivity contribution in [2.24, 2.45) is 17.6 Å². The molecule has 1 aliphatic rings. The van der Waals surface area contributed by atoms with Gasteiger partial charge in [0, 0.05) is 25.0 Å². The third kappa shape index (κ3) is 2.52. The van der Waals surface area contributed by atoms with E-state index in [2.05, 4.69) is 0 Å².